The Hall–Kier alpha value is -2.69. The second kappa shape index (κ2) is 8.13. The van der Waals surface area contributed by atoms with Gasteiger partial charge in [0.2, 0.25) is 0 Å². The molecule has 5 heteroatoms. The number of Topliss-reactive ketones (excluding diaryl/α,β-unsaturated/α-hetero) is 1. The second-order valence-electron chi connectivity index (χ2n) is 6.18. The van der Waals surface area contributed by atoms with E-state index in [1.807, 2.05) is 30.3 Å². The van der Waals surface area contributed by atoms with Gasteiger partial charge in [0.05, 0.1) is 7.11 Å². The van der Waals surface area contributed by atoms with E-state index in [9.17, 15) is 13.6 Å². The van der Waals surface area contributed by atoms with Crippen LogP contribution in [0.1, 0.15) is 36.3 Å². The van der Waals surface area contributed by atoms with Crippen molar-refractivity contribution in [2.24, 2.45) is 0 Å². The standard InChI is InChI=1S/C21H20F2O3/c1-25-18-11-10-14(13-19(18)26-21(22)23)12-16-8-5-9-17(20(16)24)15-6-3-2-4-7-15/h2-4,6-7,10-13,17,21H,5,8-9H2,1H3/b16-12+/t17-/m0/s1. The second-order valence-corrected chi connectivity index (χ2v) is 6.18. The summed E-state index contributed by atoms with van der Waals surface area (Å²) in [6, 6.07) is 14.5. The molecule has 26 heavy (non-hydrogen) atoms. The van der Waals surface area contributed by atoms with E-state index in [0.29, 0.717) is 17.6 Å². The maximum absolute atomic E-state index is 12.9. The zero-order chi connectivity index (χ0) is 18.5. The monoisotopic (exact) mass is 358 g/mol. The van der Waals surface area contributed by atoms with Gasteiger partial charge in [-0.15, -0.1) is 0 Å². The molecule has 1 aliphatic rings. The number of benzene rings is 2. The third-order valence-electron chi connectivity index (χ3n) is 4.52. The van der Waals surface area contributed by atoms with Gasteiger partial charge in [-0.3, -0.25) is 4.79 Å². The van der Waals surface area contributed by atoms with Crippen LogP contribution in [0.2, 0.25) is 0 Å². The Bertz CT molecular complexity index is 800. The van der Waals surface area contributed by atoms with Crippen molar-refractivity contribution in [3.05, 3.63) is 65.2 Å². The summed E-state index contributed by atoms with van der Waals surface area (Å²) in [5.74, 6) is 0.130. The molecule has 0 radical (unpaired) electrons. The van der Waals surface area contributed by atoms with Crippen molar-refractivity contribution in [1.82, 2.24) is 0 Å². The fourth-order valence-corrected chi connectivity index (χ4v) is 3.29. The SMILES string of the molecule is COc1ccc(/C=C2\CCC[C@@H](c3ccccc3)C2=O)cc1OC(F)F. The number of halogens is 2. The number of carbonyl (C=O) groups excluding carboxylic acids is 1. The molecule has 3 nitrogen and oxygen atoms in total. The Balaban J connectivity index is 1.88. The first-order valence-electron chi connectivity index (χ1n) is 8.51. The van der Waals surface area contributed by atoms with Gasteiger partial charge >= 0.3 is 6.61 Å². The van der Waals surface area contributed by atoms with E-state index in [4.69, 9.17) is 4.74 Å². The number of allylic oxidation sites excluding steroid dienone is 1. The molecule has 0 aromatic heterocycles. The molecule has 0 bridgehead atoms. The highest BCUT2D eigenvalue weighted by Gasteiger charge is 2.27. The molecule has 1 fully saturated rings. The number of rotatable bonds is 5. The highest BCUT2D eigenvalue weighted by atomic mass is 19.3. The number of methoxy groups -OCH3 is 1. The van der Waals surface area contributed by atoms with Crippen LogP contribution in [0, 0.1) is 0 Å². The van der Waals surface area contributed by atoms with Crippen molar-refractivity contribution in [3.8, 4) is 11.5 Å². The van der Waals surface area contributed by atoms with E-state index < -0.39 is 6.61 Å². The van der Waals surface area contributed by atoms with Crippen LogP contribution in [0.15, 0.2) is 54.1 Å². The average molecular weight is 358 g/mol. The minimum atomic E-state index is -2.94. The van der Waals surface area contributed by atoms with Gasteiger partial charge in [-0.25, -0.2) is 0 Å². The molecule has 1 aliphatic carbocycles. The van der Waals surface area contributed by atoms with E-state index in [1.165, 1.54) is 13.2 Å². The van der Waals surface area contributed by atoms with Gasteiger partial charge in [0.25, 0.3) is 0 Å². The van der Waals surface area contributed by atoms with Crippen molar-refractivity contribution in [1.29, 1.82) is 0 Å². The normalized spacial score (nSPS) is 19.0. The number of hydrogen-bond donors (Lipinski definition) is 0. The average Bonchev–Trinajstić information content (AvgIpc) is 2.64. The Kier molecular flexibility index (Phi) is 5.66. The summed E-state index contributed by atoms with van der Waals surface area (Å²) in [7, 11) is 1.39. The highest BCUT2D eigenvalue weighted by Crippen LogP contribution is 2.35. The molecule has 0 saturated heterocycles. The molecule has 0 N–H and O–H groups in total. The van der Waals surface area contributed by atoms with Gasteiger partial charge in [0.1, 0.15) is 0 Å². The fourth-order valence-electron chi connectivity index (χ4n) is 3.29. The van der Waals surface area contributed by atoms with Crippen LogP contribution in [-0.2, 0) is 4.79 Å². The number of hydrogen-bond acceptors (Lipinski definition) is 3. The summed E-state index contributed by atoms with van der Waals surface area (Å²) in [5, 5.41) is 0. The van der Waals surface area contributed by atoms with Crippen molar-refractivity contribution in [3.63, 3.8) is 0 Å². The van der Waals surface area contributed by atoms with E-state index in [0.717, 1.165) is 18.4 Å². The van der Waals surface area contributed by atoms with E-state index >= 15 is 0 Å². The van der Waals surface area contributed by atoms with Crippen LogP contribution in [0.5, 0.6) is 11.5 Å². The zero-order valence-corrected chi connectivity index (χ0v) is 14.5. The molecule has 136 valence electrons. The fraction of sp³-hybridized carbons (Fsp3) is 0.286. The Morgan fingerprint density at radius 1 is 1.12 bits per heavy atom. The molecule has 0 heterocycles. The summed E-state index contributed by atoms with van der Waals surface area (Å²) in [5.41, 5.74) is 2.36. The molecule has 1 atom stereocenters. The largest absolute Gasteiger partial charge is 0.493 e. The number of alkyl halides is 2. The summed E-state index contributed by atoms with van der Waals surface area (Å²) in [4.78, 5) is 12.9. The van der Waals surface area contributed by atoms with Crippen LogP contribution >= 0.6 is 0 Å². The quantitative estimate of drug-likeness (QED) is 0.688. The summed E-state index contributed by atoms with van der Waals surface area (Å²) >= 11 is 0. The lowest BCUT2D eigenvalue weighted by molar-refractivity contribution is -0.117. The molecule has 0 aliphatic heterocycles. The maximum Gasteiger partial charge on any atom is 0.387 e. The lowest BCUT2D eigenvalue weighted by Gasteiger charge is -2.23. The third-order valence-corrected chi connectivity index (χ3v) is 4.52. The molecule has 2 aromatic carbocycles. The molecular formula is C21H20F2O3. The highest BCUT2D eigenvalue weighted by molar-refractivity contribution is 6.04. The minimum absolute atomic E-state index is 0.0419. The van der Waals surface area contributed by atoms with E-state index in [-0.39, 0.29) is 23.2 Å². The lowest BCUT2D eigenvalue weighted by Crippen LogP contribution is -2.19. The van der Waals surface area contributed by atoms with Crippen LogP contribution in [0.3, 0.4) is 0 Å². The molecule has 0 unspecified atom stereocenters. The van der Waals surface area contributed by atoms with E-state index in [2.05, 4.69) is 4.74 Å². The molecule has 0 amide bonds. The predicted molar refractivity (Wildman–Crippen MR) is 95.6 cm³/mol. The van der Waals surface area contributed by atoms with Gasteiger partial charge in [0.15, 0.2) is 17.3 Å². The third kappa shape index (κ3) is 4.10. The van der Waals surface area contributed by atoms with Crippen molar-refractivity contribution < 1.29 is 23.0 Å². The van der Waals surface area contributed by atoms with Gasteiger partial charge in [-0.05, 0) is 54.2 Å². The number of ether oxygens (including phenoxy) is 2. The van der Waals surface area contributed by atoms with E-state index in [1.54, 1.807) is 18.2 Å². The molecule has 0 spiro atoms. The smallest absolute Gasteiger partial charge is 0.387 e. The van der Waals surface area contributed by atoms with Crippen molar-refractivity contribution in [2.45, 2.75) is 31.8 Å². The molecule has 2 aromatic rings. The van der Waals surface area contributed by atoms with Gasteiger partial charge < -0.3 is 9.47 Å². The topological polar surface area (TPSA) is 35.5 Å². The molecule has 3 rings (SSSR count). The summed E-state index contributed by atoms with van der Waals surface area (Å²) < 4.78 is 34.7. The van der Waals surface area contributed by atoms with Crippen LogP contribution < -0.4 is 9.47 Å². The van der Waals surface area contributed by atoms with Crippen LogP contribution in [0.4, 0.5) is 8.78 Å². The number of ketones is 1. The van der Waals surface area contributed by atoms with Crippen molar-refractivity contribution >= 4 is 11.9 Å². The summed E-state index contributed by atoms with van der Waals surface area (Å²) in [6.07, 6.45) is 4.17. The zero-order valence-electron chi connectivity index (χ0n) is 14.5. The maximum atomic E-state index is 12.9. The van der Waals surface area contributed by atoms with Gasteiger partial charge in [-0.2, -0.15) is 8.78 Å². The lowest BCUT2D eigenvalue weighted by atomic mass is 9.79. The van der Waals surface area contributed by atoms with Crippen LogP contribution in [-0.4, -0.2) is 19.5 Å². The first-order valence-corrected chi connectivity index (χ1v) is 8.51. The van der Waals surface area contributed by atoms with Gasteiger partial charge in [-0.1, -0.05) is 36.4 Å². The first kappa shape index (κ1) is 18.1. The summed E-state index contributed by atoms with van der Waals surface area (Å²) in [6.45, 7) is -2.94. The molecule has 1 saturated carbocycles. The Morgan fingerprint density at radius 2 is 1.88 bits per heavy atom. The Labute approximate surface area is 151 Å². The molecular weight excluding hydrogens is 338 g/mol. The Morgan fingerprint density at radius 3 is 2.58 bits per heavy atom. The van der Waals surface area contributed by atoms with Crippen molar-refractivity contribution in [2.75, 3.05) is 7.11 Å². The van der Waals surface area contributed by atoms with Crippen LogP contribution in [0.25, 0.3) is 6.08 Å². The minimum Gasteiger partial charge on any atom is -0.493 e. The number of carbonyl (C=O) groups is 1. The first-order chi connectivity index (χ1) is 12.6. The van der Waals surface area contributed by atoms with Gasteiger partial charge in [0, 0.05) is 5.92 Å². The predicted octanol–water partition coefficient (Wildman–Crippen LogP) is 5.22.